The standard InChI is InChI=1S/C19H17Cl2NO4S/c1-4-26-19(23)17-18(13-8-14(20)15(21)9-16(13)22-17)27(24,25)12-6-10(2)5-11(3)7-12/h5-9,22H,4H2,1-3H3. The Labute approximate surface area is 167 Å². The topological polar surface area (TPSA) is 76.2 Å². The quantitative estimate of drug-likeness (QED) is 0.589. The highest BCUT2D eigenvalue weighted by atomic mass is 35.5. The molecule has 0 amide bonds. The van der Waals surface area contributed by atoms with Gasteiger partial charge in [-0.25, -0.2) is 13.2 Å². The number of nitrogens with one attached hydrogen (secondary N) is 1. The summed E-state index contributed by atoms with van der Waals surface area (Å²) in [5, 5.41) is 0.721. The number of carbonyl (C=O) groups is 1. The third-order valence-corrected chi connectivity index (χ3v) is 6.59. The zero-order valence-electron chi connectivity index (χ0n) is 14.9. The van der Waals surface area contributed by atoms with Crippen LogP contribution in [0.15, 0.2) is 40.1 Å². The van der Waals surface area contributed by atoms with Gasteiger partial charge in [0.05, 0.1) is 21.5 Å². The third-order valence-electron chi connectivity index (χ3n) is 4.05. The average Bonchev–Trinajstić information content (AvgIpc) is 2.93. The number of benzene rings is 2. The molecule has 0 saturated carbocycles. The molecule has 0 spiro atoms. The zero-order valence-corrected chi connectivity index (χ0v) is 17.2. The number of hydrogen-bond acceptors (Lipinski definition) is 4. The number of aryl methyl sites for hydroxylation is 2. The molecule has 3 rings (SSSR count). The van der Waals surface area contributed by atoms with Gasteiger partial charge in [-0.2, -0.15) is 0 Å². The van der Waals surface area contributed by atoms with Gasteiger partial charge in [0, 0.05) is 10.9 Å². The molecule has 0 radical (unpaired) electrons. The fraction of sp³-hybridized carbons (Fsp3) is 0.211. The Morgan fingerprint density at radius 3 is 2.22 bits per heavy atom. The maximum absolute atomic E-state index is 13.4. The largest absolute Gasteiger partial charge is 0.461 e. The van der Waals surface area contributed by atoms with E-state index in [1.54, 1.807) is 19.1 Å². The number of sulfone groups is 1. The van der Waals surface area contributed by atoms with Gasteiger partial charge in [-0.1, -0.05) is 29.3 Å². The van der Waals surface area contributed by atoms with Crippen LogP contribution < -0.4 is 0 Å². The van der Waals surface area contributed by atoms with E-state index in [1.165, 1.54) is 12.1 Å². The molecule has 8 heteroatoms. The number of halogens is 2. The summed E-state index contributed by atoms with van der Waals surface area (Å²) >= 11 is 12.1. The monoisotopic (exact) mass is 425 g/mol. The van der Waals surface area contributed by atoms with Crippen molar-refractivity contribution >= 4 is 49.9 Å². The van der Waals surface area contributed by atoms with Gasteiger partial charge in [0.1, 0.15) is 10.6 Å². The lowest BCUT2D eigenvalue weighted by Gasteiger charge is -2.09. The minimum absolute atomic E-state index is 0.0949. The molecule has 0 saturated heterocycles. The lowest BCUT2D eigenvalue weighted by Crippen LogP contribution is -2.12. The summed E-state index contributed by atoms with van der Waals surface area (Å²) in [6, 6.07) is 7.93. The van der Waals surface area contributed by atoms with Gasteiger partial charge in [-0.15, -0.1) is 0 Å². The SMILES string of the molecule is CCOC(=O)c1[nH]c2cc(Cl)c(Cl)cc2c1S(=O)(=O)c1cc(C)cc(C)c1. The normalized spacial score (nSPS) is 11.7. The molecule has 0 aliphatic carbocycles. The maximum atomic E-state index is 13.4. The summed E-state index contributed by atoms with van der Waals surface area (Å²) in [5.41, 5.74) is 1.83. The smallest absolute Gasteiger partial charge is 0.356 e. The Morgan fingerprint density at radius 1 is 1.04 bits per heavy atom. The highest BCUT2D eigenvalue weighted by Crippen LogP contribution is 2.36. The number of aromatic nitrogens is 1. The van der Waals surface area contributed by atoms with Crippen molar-refractivity contribution in [3.05, 3.63) is 57.2 Å². The summed E-state index contributed by atoms with van der Waals surface area (Å²) in [5.74, 6) is -0.760. The first kappa shape index (κ1) is 19.7. The summed E-state index contributed by atoms with van der Waals surface area (Å²) in [7, 11) is -4.02. The van der Waals surface area contributed by atoms with Gasteiger partial charge < -0.3 is 9.72 Å². The Balaban J connectivity index is 2.38. The molecule has 2 aromatic carbocycles. The molecule has 5 nitrogen and oxygen atoms in total. The minimum Gasteiger partial charge on any atom is -0.461 e. The number of carbonyl (C=O) groups excluding carboxylic acids is 1. The number of hydrogen-bond donors (Lipinski definition) is 1. The van der Waals surface area contributed by atoms with Crippen molar-refractivity contribution < 1.29 is 17.9 Å². The Hall–Kier alpha value is -2.02. The second-order valence-electron chi connectivity index (χ2n) is 6.19. The summed E-state index contributed by atoms with van der Waals surface area (Å²) in [6.45, 7) is 5.37. The van der Waals surface area contributed by atoms with Crippen LogP contribution in [0.1, 0.15) is 28.5 Å². The van der Waals surface area contributed by atoms with Crippen molar-refractivity contribution in [1.29, 1.82) is 0 Å². The first-order valence-corrected chi connectivity index (χ1v) is 10.4. The average molecular weight is 426 g/mol. The fourth-order valence-corrected chi connectivity index (χ4v) is 5.10. The van der Waals surface area contributed by atoms with E-state index in [0.717, 1.165) is 11.1 Å². The highest BCUT2D eigenvalue weighted by molar-refractivity contribution is 7.91. The summed E-state index contributed by atoms with van der Waals surface area (Å²) in [4.78, 5) is 15.2. The van der Waals surface area contributed by atoms with E-state index < -0.39 is 15.8 Å². The number of H-pyrrole nitrogens is 1. The van der Waals surface area contributed by atoms with Crippen LogP contribution in [0.2, 0.25) is 10.0 Å². The first-order valence-electron chi connectivity index (χ1n) is 8.16. The van der Waals surface area contributed by atoms with E-state index in [4.69, 9.17) is 27.9 Å². The summed E-state index contributed by atoms with van der Waals surface area (Å²) in [6.07, 6.45) is 0. The minimum atomic E-state index is -4.02. The predicted octanol–water partition coefficient (Wildman–Crippen LogP) is 5.10. The van der Waals surface area contributed by atoms with Gasteiger partial charge in [0.15, 0.2) is 0 Å². The fourth-order valence-electron chi connectivity index (χ4n) is 3.00. The Bertz CT molecular complexity index is 1150. The van der Waals surface area contributed by atoms with E-state index in [9.17, 15) is 13.2 Å². The molecule has 3 aromatic rings. The molecule has 0 aliphatic heterocycles. The molecule has 1 aromatic heterocycles. The van der Waals surface area contributed by atoms with E-state index in [0.29, 0.717) is 5.52 Å². The molecular weight excluding hydrogens is 409 g/mol. The number of esters is 1. The summed E-state index contributed by atoms with van der Waals surface area (Å²) < 4.78 is 31.9. The van der Waals surface area contributed by atoms with Crippen LogP contribution in [0.25, 0.3) is 10.9 Å². The molecule has 27 heavy (non-hydrogen) atoms. The Morgan fingerprint density at radius 2 is 1.63 bits per heavy atom. The number of aromatic amines is 1. The number of ether oxygens (including phenoxy) is 1. The van der Waals surface area contributed by atoms with E-state index in [-0.39, 0.29) is 37.5 Å². The second kappa shape index (κ2) is 7.19. The van der Waals surface area contributed by atoms with Crippen LogP contribution in [0, 0.1) is 13.8 Å². The second-order valence-corrected chi connectivity index (χ2v) is 8.89. The molecule has 0 aliphatic rings. The molecule has 0 unspecified atom stereocenters. The molecule has 1 N–H and O–H groups in total. The molecule has 1 heterocycles. The van der Waals surface area contributed by atoms with Crippen LogP contribution >= 0.6 is 23.2 Å². The van der Waals surface area contributed by atoms with E-state index in [1.807, 2.05) is 19.9 Å². The maximum Gasteiger partial charge on any atom is 0.356 e. The molecule has 0 bridgehead atoms. The molecular formula is C19H17Cl2NO4S. The van der Waals surface area contributed by atoms with Crippen molar-refractivity contribution in [2.75, 3.05) is 6.61 Å². The zero-order chi connectivity index (χ0) is 19.9. The van der Waals surface area contributed by atoms with Crippen LogP contribution in [0.5, 0.6) is 0 Å². The van der Waals surface area contributed by atoms with Gasteiger partial charge in [0.25, 0.3) is 0 Å². The number of rotatable bonds is 4. The lowest BCUT2D eigenvalue weighted by molar-refractivity contribution is 0.0516. The van der Waals surface area contributed by atoms with Crippen molar-refractivity contribution in [3.63, 3.8) is 0 Å². The van der Waals surface area contributed by atoms with Gasteiger partial charge in [-0.3, -0.25) is 0 Å². The molecule has 142 valence electrons. The van der Waals surface area contributed by atoms with E-state index >= 15 is 0 Å². The predicted molar refractivity (Wildman–Crippen MR) is 106 cm³/mol. The van der Waals surface area contributed by atoms with Gasteiger partial charge >= 0.3 is 5.97 Å². The molecule has 0 atom stereocenters. The van der Waals surface area contributed by atoms with Gasteiger partial charge in [-0.05, 0) is 56.2 Å². The van der Waals surface area contributed by atoms with Gasteiger partial charge in [0.2, 0.25) is 9.84 Å². The van der Waals surface area contributed by atoms with Crippen molar-refractivity contribution in [3.8, 4) is 0 Å². The Kier molecular flexibility index (Phi) is 5.25. The van der Waals surface area contributed by atoms with Crippen molar-refractivity contribution in [2.45, 2.75) is 30.6 Å². The molecule has 0 fully saturated rings. The first-order chi connectivity index (χ1) is 12.6. The van der Waals surface area contributed by atoms with Crippen LogP contribution in [0.3, 0.4) is 0 Å². The highest BCUT2D eigenvalue weighted by Gasteiger charge is 2.31. The van der Waals surface area contributed by atoms with Crippen molar-refractivity contribution in [2.24, 2.45) is 0 Å². The van der Waals surface area contributed by atoms with Crippen molar-refractivity contribution in [1.82, 2.24) is 4.98 Å². The van der Waals surface area contributed by atoms with E-state index in [2.05, 4.69) is 4.98 Å². The third kappa shape index (κ3) is 3.57. The van der Waals surface area contributed by atoms with Crippen LogP contribution in [-0.4, -0.2) is 26.0 Å². The number of fused-ring (bicyclic) bond motifs is 1. The van der Waals surface area contributed by atoms with Crippen LogP contribution in [0.4, 0.5) is 0 Å². The lowest BCUT2D eigenvalue weighted by atomic mass is 10.2. The van der Waals surface area contributed by atoms with Crippen LogP contribution in [-0.2, 0) is 14.6 Å².